The Morgan fingerprint density at radius 3 is 2.39 bits per heavy atom. The fourth-order valence-corrected chi connectivity index (χ4v) is 3.36. The fourth-order valence-electron chi connectivity index (χ4n) is 3.17. The SMILES string of the molecule is CN(Cc1cnn(-c2ccccc2)c1)Cn1nc(-c2ccccc2)n(C)c1=S. The van der Waals surface area contributed by atoms with Crippen LogP contribution < -0.4 is 0 Å². The van der Waals surface area contributed by atoms with E-state index in [4.69, 9.17) is 17.3 Å². The topological polar surface area (TPSA) is 43.8 Å². The van der Waals surface area contributed by atoms with Gasteiger partial charge in [-0.1, -0.05) is 48.5 Å². The van der Waals surface area contributed by atoms with E-state index in [1.165, 1.54) is 0 Å². The van der Waals surface area contributed by atoms with Gasteiger partial charge in [-0.15, -0.1) is 0 Å². The van der Waals surface area contributed by atoms with Gasteiger partial charge < -0.3 is 4.57 Å². The smallest absolute Gasteiger partial charge is 0.199 e. The Balaban J connectivity index is 1.48. The molecule has 0 spiro atoms. The minimum Gasteiger partial charge on any atom is -0.303 e. The zero-order valence-electron chi connectivity index (χ0n) is 15.9. The largest absolute Gasteiger partial charge is 0.303 e. The van der Waals surface area contributed by atoms with Crippen LogP contribution in [0, 0.1) is 4.77 Å². The van der Waals surface area contributed by atoms with Crippen LogP contribution in [0.4, 0.5) is 0 Å². The number of hydrogen-bond acceptors (Lipinski definition) is 4. The van der Waals surface area contributed by atoms with Gasteiger partial charge in [0.1, 0.15) is 0 Å². The second-order valence-corrected chi connectivity index (χ2v) is 7.18. The molecule has 28 heavy (non-hydrogen) atoms. The molecule has 2 aromatic heterocycles. The van der Waals surface area contributed by atoms with Crippen LogP contribution in [0.3, 0.4) is 0 Å². The van der Waals surface area contributed by atoms with Gasteiger partial charge in [-0.05, 0) is 31.4 Å². The van der Waals surface area contributed by atoms with Crippen LogP contribution in [0.1, 0.15) is 5.56 Å². The maximum atomic E-state index is 5.59. The van der Waals surface area contributed by atoms with E-state index in [1.807, 2.05) is 87.8 Å². The Bertz CT molecular complexity index is 1110. The first kappa shape index (κ1) is 18.3. The number of benzene rings is 2. The van der Waals surface area contributed by atoms with Crippen LogP contribution in [-0.2, 0) is 20.3 Å². The highest BCUT2D eigenvalue weighted by atomic mass is 32.1. The van der Waals surface area contributed by atoms with Crippen molar-refractivity contribution in [3.8, 4) is 17.1 Å². The molecule has 0 saturated heterocycles. The Morgan fingerprint density at radius 1 is 1.00 bits per heavy atom. The third-order valence-corrected chi connectivity index (χ3v) is 5.04. The van der Waals surface area contributed by atoms with Crippen molar-refractivity contribution in [2.45, 2.75) is 13.2 Å². The summed E-state index contributed by atoms with van der Waals surface area (Å²) in [4.78, 5) is 2.17. The molecule has 0 aliphatic rings. The third kappa shape index (κ3) is 3.81. The molecule has 142 valence electrons. The standard InChI is InChI=1S/C21H22N6S/c1-24(14-17-13-22-26(15-17)19-11-7-4-8-12-19)16-27-21(28)25(2)20(23-27)18-9-5-3-6-10-18/h3-13,15H,14,16H2,1-2H3. The Morgan fingerprint density at radius 2 is 1.68 bits per heavy atom. The quantitative estimate of drug-likeness (QED) is 0.469. The molecule has 4 aromatic rings. The predicted molar refractivity (Wildman–Crippen MR) is 112 cm³/mol. The van der Waals surface area contributed by atoms with Crippen molar-refractivity contribution in [3.05, 3.63) is 83.4 Å². The maximum absolute atomic E-state index is 5.59. The average molecular weight is 391 g/mol. The molecule has 0 fully saturated rings. The van der Waals surface area contributed by atoms with E-state index in [-0.39, 0.29) is 0 Å². The molecule has 0 saturated carbocycles. The Labute approximate surface area is 169 Å². The summed E-state index contributed by atoms with van der Waals surface area (Å²) in [5.41, 5.74) is 3.24. The zero-order chi connectivity index (χ0) is 19.5. The van der Waals surface area contributed by atoms with Gasteiger partial charge in [0.15, 0.2) is 10.6 Å². The van der Waals surface area contributed by atoms with Crippen LogP contribution in [-0.4, -0.2) is 36.1 Å². The molecule has 0 N–H and O–H groups in total. The zero-order valence-corrected chi connectivity index (χ0v) is 16.8. The van der Waals surface area contributed by atoms with Crippen molar-refractivity contribution in [1.29, 1.82) is 0 Å². The van der Waals surface area contributed by atoms with Gasteiger partial charge in [0, 0.05) is 30.9 Å². The summed E-state index contributed by atoms with van der Waals surface area (Å²) < 4.78 is 6.40. The number of aromatic nitrogens is 5. The summed E-state index contributed by atoms with van der Waals surface area (Å²) in [6.07, 6.45) is 3.95. The van der Waals surface area contributed by atoms with Gasteiger partial charge >= 0.3 is 0 Å². The Hall–Kier alpha value is -3.03. The molecule has 7 heteroatoms. The van der Waals surface area contributed by atoms with Crippen molar-refractivity contribution in [2.75, 3.05) is 7.05 Å². The first-order chi connectivity index (χ1) is 13.6. The van der Waals surface area contributed by atoms with E-state index < -0.39 is 0 Å². The highest BCUT2D eigenvalue weighted by Crippen LogP contribution is 2.17. The van der Waals surface area contributed by atoms with E-state index >= 15 is 0 Å². The minimum absolute atomic E-state index is 0.607. The lowest BCUT2D eigenvalue weighted by Gasteiger charge is -2.15. The maximum Gasteiger partial charge on any atom is 0.199 e. The monoisotopic (exact) mass is 390 g/mol. The van der Waals surface area contributed by atoms with E-state index in [9.17, 15) is 0 Å². The molecule has 0 unspecified atom stereocenters. The molecule has 6 nitrogen and oxygen atoms in total. The van der Waals surface area contributed by atoms with Crippen molar-refractivity contribution in [1.82, 2.24) is 29.0 Å². The number of para-hydroxylation sites is 1. The molecule has 4 rings (SSSR count). The molecule has 0 aliphatic heterocycles. The van der Waals surface area contributed by atoms with Crippen LogP contribution in [0.25, 0.3) is 17.1 Å². The lowest BCUT2D eigenvalue weighted by atomic mass is 10.2. The van der Waals surface area contributed by atoms with Gasteiger partial charge in [0.2, 0.25) is 0 Å². The van der Waals surface area contributed by atoms with Crippen molar-refractivity contribution in [3.63, 3.8) is 0 Å². The highest BCUT2D eigenvalue weighted by molar-refractivity contribution is 7.71. The second kappa shape index (κ2) is 7.92. The number of rotatable bonds is 6. The summed E-state index contributed by atoms with van der Waals surface area (Å²) in [7, 11) is 4.01. The molecule has 0 aliphatic carbocycles. The molecule has 0 radical (unpaired) electrons. The summed E-state index contributed by atoms with van der Waals surface area (Å²) in [6, 6.07) is 20.2. The van der Waals surface area contributed by atoms with Crippen LogP contribution in [0.2, 0.25) is 0 Å². The van der Waals surface area contributed by atoms with Crippen molar-refractivity contribution in [2.24, 2.45) is 7.05 Å². The van der Waals surface area contributed by atoms with Gasteiger partial charge in [0.05, 0.1) is 18.6 Å². The van der Waals surface area contributed by atoms with Gasteiger partial charge in [0.25, 0.3) is 0 Å². The molecule has 0 atom stereocenters. The van der Waals surface area contributed by atoms with Gasteiger partial charge in [-0.25, -0.2) is 9.36 Å². The number of hydrogen-bond donors (Lipinski definition) is 0. The first-order valence-corrected chi connectivity index (χ1v) is 9.49. The summed E-state index contributed by atoms with van der Waals surface area (Å²) in [5.74, 6) is 0.871. The lowest BCUT2D eigenvalue weighted by Crippen LogP contribution is -2.22. The number of nitrogens with zero attached hydrogens (tertiary/aromatic N) is 6. The summed E-state index contributed by atoms with van der Waals surface area (Å²) in [6.45, 7) is 1.36. The molecular weight excluding hydrogens is 368 g/mol. The third-order valence-electron chi connectivity index (χ3n) is 4.56. The van der Waals surface area contributed by atoms with Crippen molar-refractivity contribution >= 4 is 12.2 Å². The average Bonchev–Trinajstić information content (AvgIpc) is 3.29. The van der Waals surface area contributed by atoms with Gasteiger partial charge in [-0.2, -0.15) is 10.2 Å². The van der Waals surface area contributed by atoms with Crippen LogP contribution in [0.15, 0.2) is 73.1 Å². The summed E-state index contributed by atoms with van der Waals surface area (Å²) >= 11 is 5.59. The van der Waals surface area contributed by atoms with E-state index in [0.717, 1.165) is 29.2 Å². The lowest BCUT2D eigenvalue weighted by molar-refractivity contribution is 0.244. The summed E-state index contributed by atoms with van der Waals surface area (Å²) in [5, 5.41) is 9.19. The predicted octanol–water partition coefficient (Wildman–Crippen LogP) is 3.89. The van der Waals surface area contributed by atoms with Crippen LogP contribution in [0.5, 0.6) is 0 Å². The van der Waals surface area contributed by atoms with E-state index in [0.29, 0.717) is 11.4 Å². The van der Waals surface area contributed by atoms with Crippen molar-refractivity contribution < 1.29 is 0 Å². The first-order valence-electron chi connectivity index (χ1n) is 9.08. The van der Waals surface area contributed by atoms with E-state index in [1.54, 1.807) is 0 Å². The normalized spacial score (nSPS) is 11.2. The Kier molecular flexibility index (Phi) is 5.18. The van der Waals surface area contributed by atoms with Crippen LogP contribution >= 0.6 is 12.2 Å². The molecule has 2 heterocycles. The molecular formula is C21H22N6S. The second-order valence-electron chi connectivity index (χ2n) is 6.82. The molecule has 2 aromatic carbocycles. The molecule has 0 amide bonds. The van der Waals surface area contributed by atoms with E-state index in [2.05, 4.69) is 23.2 Å². The molecule has 0 bridgehead atoms. The fraction of sp³-hybridized carbons (Fsp3) is 0.190. The minimum atomic E-state index is 0.607. The highest BCUT2D eigenvalue weighted by Gasteiger charge is 2.12. The van der Waals surface area contributed by atoms with Gasteiger partial charge in [-0.3, -0.25) is 4.90 Å².